The van der Waals surface area contributed by atoms with E-state index in [1.54, 1.807) is 0 Å². The lowest BCUT2D eigenvalue weighted by molar-refractivity contribution is -0.121. The molecule has 2 aromatic carbocycles. The van der Waals surface area contributed by atoms with Crippen LogP contribution in [-0.2, 0) is 21.4 Å². The Morgan fingerprint density at radius 2 is 1.76 bits per heavy atom. The highest BCUT2D eigenvalue weighted by Gasteiger charge is 2.18. The third kappa shape index (κ3) is 7.09. The molecule has 1 amide bonds. The normalized spacial score (nSPS) is 11.2. The summed E-state index contributed by atoms with van der Waals surface area (Å²) >= 11 is 0. The van der Waals surface area contributed by atoms with Crippen LogP contribution in [0.5, 0.6) is 5.75 Å². The molecule has 0 aromatic heterocycles. The molecule has 0 aliphatic heterocycles. The number of aryl methyl sites for hydroxylation is 2. The van der Waals surface area contributed by atoms with Crippen molar-refractivity contribution >= 4 is 21.6 Å². The van der Waals surface area contributed by atoms with E-state index in [0.29, 0.717) is 25.3 Å². The summed E-state index contributed by atoms with van der Waals surface area (Å²) in [5.74, 6) is 0.638. The minimum atomic E-state index is -3.43. The van der Waals surface area contributed by atoms with Crippen LogP contribution in [0.3, 0.4) is 0 Å². The number of carbonyl (C=O) groups is 1. The minimum Gasteiger partial charge on any atom is -0.494 e. The Kier molecular flexibility index (Phi) is 8.08. The van der Waals surface area contributed by atoms with Crippen LogP contribution in [0.25, 0.3) is 0 Å². The molecule has 0 atom stereocenters. The Balaban J connectivity index is 1.93. The third-order valence-electron chi connectivity index (χ3n) is 4.41. The second-order valence-electron chi connectivity index (χ2n) is 7.10. The summed E-state index contributed by atoms with van der Waals surface area (Å²) in [5, 5.41) is 2.88. The second kappa shape index (κ2) is 10.3. The van der Waals surface area contributed by atoms with Gasteiger partial charge in [-0.15, -0.1) is 0 Å². The Morgan fingerprint density at radius 1 is 1.10 bits per heavy atom. The molecule has 0 aliphatic rings. The molecule has 0 unspecified atom stereocenters. The third-order valence-corrected chi connectivity index (χ3v) is 5.60. The number of carbonyl (C=O) groups excluding carboxylic acids is 1. The molecular weight excluding hydrogens is 388 g/mol. The lowest BCUT2D eigenvalue weighted by Crippen LogP contribution is -2.32. The first-order chi connectivity index (χ1) is 13.7. The Morgan fingerprint density at radius 3 is 2.38 bits per heavy atom. The quantitative estimate of drug-likeness (QED) is 0.640. The molecule has 29 heavy (non-hydrogen) atoms. The fraction of sp³-hybridized carbons (Fsp3) is 0.409. The van der Waals surface area contributed by atoms with Gasteiger partial charge in [0.1, 0.15) is 5.75 Å². The molecule has 7 heteroatoms. The van der Waals surface area contributed by atoms with Crippen LogP contribution in [0.15, 0.2) is 42.5 Å². The molecule has 2 rings (SSSR count). The lowest BCUT2D eigenvalue weighted by atomic mass is 10.1. The summed E-state index contributed by atoms with van der Waals surface area (Å²) < 4.78 is 31.4. The van der Waals surface area contributed by atoms with Gasteiger partial charge in [-0.25, -0.2) is 8.42 Å². The van der Waals surface area contributed by atoms with E-state index < -0.39 is 10.0 Å². The first-order valence-corrected chi connectivity index (χ1v) is 11.6. The molecule has 0 saturated carbocycles. The van der Waals surface area contributed by atoms with Gasteiger partial charge in [0.2, 0.25) is 15.9 Å². The van der Waals surface area contributed by atoms with E-state index in [2.05, 4.69) is 5.32 Å². The molecule has 0 heterocycles. The summed E-state index contributed by atoms with van der Waals surface area (Å²) in [6.07, 6.45) is 1.86. The molecule has 0 saturated heterocycles. The van der Waals surface area contributed by atoms with Gasteiger partial charge in [0.05, 0.1) is 18.6 Å². The van der Waals surface area contributed by atoms with E-state index in [1.807, 2.05) is 63.2 Å². The van der Waals surface area contributed by atoms with Crippen LogP contribution < -0.4 is 14.4 Å². The Bertz CT molecular complexity index is 921. The molecule has 0 aliphatic carbocycles. The summed E-state index contributed by atoms with van der Waals surface area (Å²) in [7, 11) is -3.43. The van der Waals surface area contributed by atoms with Crippen LogP contribution in [0.4, 0.5) is 5.69 Å². The predicted octanol–water partition coefficient (Wildman–Crippen LogP) is 3.56. The van der Waals surface area contributed by atoms with Gasteiger partial charge in [0, 0.05) is 25.1 Å². The van der Waals surface area contributed by atoms with E-state index in [9.17, 15) is 13.2 Å². The summed E-state index contributed by atoms with van der Waals surface area (Å²) in [6.45, 7) is 6.98. The molecule has 0 spiro atoms. The van der Waals surface area contributed by atoms with Crippen molar-refractivity contribution in [1.29, 1.82) is 0 Å². The number of hydrogen-bond donors (Lipinski definition) is 1. The van der Waals surface area contributed by atoms with Crippen molar-refractivity contribution in [2.45, 2.75) is 40.2 Å². The van der Waals surface area contributed by atoms with Gasteiger partial charge in [-0.1, -0.05) is 24.3 Å². The lowest BCUT2D eigenvalue weighted by Gasteiger charge is -2.23. The number of rotatable bonds is 10. The topological polar surface area (TPSA) is 75.7 Å². The predicted molar refractivity (Wildman–Crippen MR) is 117 cm³/mol. The zero-order valence-electron chi connectivity index (χ0n) is 17.6. The summed E-state index contributed by atoms with van der Waals surface area (Å²) in [4.78, 5) is 12.2. The molecule has 6 nitrogen and oxygen atoms in total. The second-order valence-corrected chi connectivity index (χ2v) is 9.01. The first-order valence-electron chi connectivity index (χ1n) is 9.74. The number of nitrogens with one attached hydrogen (secondary N) is 1. The van der Waals surface area contributed by atoms with Crippen LogP contribution in [-0.4, -0.2) is 33.7 Å². The number of para-hydroxylation sites is 1. The molecule has 0 radical (unpaired) electrons. The minimum absolute atomic E-state index is 0.120. The maximum atomic E-state index is 12.3. The zero-order valence-corrected chi connectivity index (χ0v) is 18.4. The average molecular weight is 419 g/mol. The molecule has 1 N–H and O–H groups in total. The van der Waals surface area contributed by atoms with Crippen molar-refractivity contribution in [1.82, 2.24) is 5.32 Å². The summed E-state index contributed by atoms with van der Waals surface area (Å²) in [5.41, 5.74) is 3.55. The highest BCUT2D eigenvalue weighted by molar-refractivity contribution is 7.92. The number of ether oxygens (including phenoxy) is 1. The molecular formula is C22H30N2O4S. The number of anilines is 1. The average Bonchev–Trinajstić information content (AvgIpc) is 2.63. The maximum Gasteiger partial charge on any atom is 0.232 e. The van der Waals surface area contributed by atoms with Gasteiger partial charge >= 0.3 is 0 Å². The maximum absolute atomic E-state index is 12.3. The monoisotopic (exact) mass is 418 g/mol. The SMILES string of the molecule is CCOc1ccccc1CNC(=O)CCCN(c1cc(C)cc(C)c1)S(C)(=O)=O. The molecule has 0 bridgehead atoms. The Labute approximate surface area is 173 Å². The van der Waals surface area contributed by atoms with Crippen LogP contribution >= 0.6 is 0 Å². The smallest absolute Gasteiger partial charge is 0.232 e. The van der Waals surface area contributed by atoms with Crippen molar-refractivity contribution < 1.29 is 17.9 Å². The number of amides is 1. The van der Waals surface area contributed by atoms with Crippen LogP contribution in [0.2, 0.25) is 0 Å². The zero-order chi connectivity index (χ0) is 21.4. The van der Waals surface area contributed by atoms with Gasteiger partial charge in [0.15, 0.2) is 0 Å². The van der Waals surface area contributed by atoms with Gasteiger partial charge < -0.3 is 10.1 Å². The van der Waals surface area contributed by atoms with E-state index in [4.69, 9.17) is 4.74 Å². The molecule has 2 aromatic rings. The number of benzene rings is 2. The van der Waals surface area contributed by atoms with Crippen molar-refractivity contribution in [2.24, 2.45) is 0 Å². The molecule has 0 fully saturated rings. The number of nitrogens with zero attached hydrogens (tertiary/aromatic N) is 1. The number of hydrogen-bond acceptors (Lipinski definition) is 4. The van der Waals surface area contributed by atoms with Crippen molar-refractivity contribution in [3.63, 3.8) is 0 Å². The number of sulfonamides is 1. The Hall–Kier alpha value is -2.54. The van der Waals surface area contributed by atoms with Gasteiger partial charge in [0.25, 0.3) is 0 Å². The van der Waals surface area contributed by atoms with Crippen LogP contribution in [0, 0.1) is 13.8 Å². The van der Waals surface area contributed by atoms with Gasteiger partial charge in [-0.05, 0) is 56.5 Å². The van der Waals surface area contributed by atoms with E-state index in [-0.39, 0.29) is 18.9 Å². The van der Waals surface area contributed by atoms with Crippen molar-refractivity contribution in [2.75, 3.05) is 23.7 Å². The van der Waals surface area contributed by atoms with Gasteiger partial charge in [-0.3, -0.25) is 9.10 Å². The standard InChI is InChI=1S/C22H30N2O4S/c1-5-28-21-10-7-6-9-19(21)16-23-22(25)11-8-12-24(29(4,26)27)20-14-17(2)13-18(3)15-20/h6-7,9-10,13-15H,5,8,11-12,16H2,1-4H3,(H,23,25). The largest absolute Gasteiger partial charge is 0.494 e. The van der Waals surface area contributed by atoms with Crippen molar-refractivity contribution in [3.05, 3.63) is 59.2 Å². The first kappa shape index (κ1) is 22.7. The van der Waals surface area contributed by atoms with Crippen molar-refractivity contribution in [3.8, 4) is 5.75 Å². The molecule has 158 valence electrons. The highest BCUT2D eigenvalue weighted by atomic mass is 32.2. The fourth-order valence-corrected chi connectivity index (χ4v) is 4.14. The highest BCUT2D eigenvalue weighted by Crippen LogP contribution is 2.22. The van der Waals surface area contributed by atoms with Crippen LogP contribution in [0.1, 0.15) is 36.5 Å². The fourth-order valence-electron chi connectivity index (χ4n) is 3.19. The van der Waals surface area contributed by atoms with E-state index in [0.717, 1.165) is 22.4 Å². The summed E-state index contributed by atoms with van der Waals surface area (Å²) in [6, 6.07) is 13.3. The van der Waals surface area contributed by atoms with E-state index >= 15 is 0 Å². The van der Waals surface area contributed by atoms with E-state index in [1.165, 1.54) is 10.6 Å². The van der Waals surface area contributed by atoms with Gasteiger partial charge in [-0.2, -0.15) is 0 Å².